The maximum Gasteiger partial charge on any atom is 0.231 e. The number of amides is 1. The van der Waals surface area contributed by atoms with Gasteiger partial charge in [0, 0.05) is 12.7 Å². The zero-order valence-electron chi connectivity index (χ0n) is 11.2. The van der Waals surface area contributed by atoms with Crippen LogP contribution in [0.2, 0.25) is 5.15 Å². The molecule has 0 fully saturated rings. The van der Waals surface area contributed by atoms with Crippen LogP contribution in [-0.4, -0.2) is 17.9 Å². The van der Waals surface area contributed by atoms with Gasteiger partial charge in [-0.1, -0.05) is 29.8 Å². The topological polar surface area (TPSA) is 33.2 Å². The molecule has 0 bridgehead atoms. The van der Waals surface area contributed by atoms with Crippen LogP contribution in [-0.2, 0) is 11.2 Å². The smallest absolute Gasteiger partial charge is 0.231 e. The molecule has 20 heavy (non-hydrogen) atoms. The molecule has 0 radical (unpaired) electrons. The predicted octanol–water partition coefficient (Wildman–Crippen LogP) is 3.39. The number of aryl methyl sites for hydroxylation is 1. The van der Waals surface area contributed by atoms with Gasteiger partial charge in [0.15, 0.2) is 0 Å². The fourth-order valence-corrected chi connectivity index (χ4v) is 2.08. The summed E-state index contributed by atoms with van der Waals surface area (Å²) in [5.41, 5.74) is 1.74. The summed E-state index contributed by atoms with van der Waals surface area (Å²) in [5.74, 6) is -0.628. The molecule has 2 rings (SSSR count). The third-order valence-corrected chi connectivity index (χ3v) is 3.30. The molecule has 104 valence electrons. The van der Waals surface area contributed by atoms with E-state index in [1.807, 2.05) is 0 Å². The fourth-order valence-electron chi connectivity index (χ4n) is 1.89. The predicted molar refractivity (Wildman–Crippen MR) is 77.5 cm³/mol. The molecule has 0 atom stereocenters. The summed E-state index contributed by atoms with van der Waals surface area (Å²) in [6.45, 7) is 1.79. The van der Waals surface area contributed by atoms with Crippen LogP contribution in [0.3, 0.4) is 0 Å². The number of hydrogen-bond acceptors (Lipinski definition) is 2. The molecule has 0 aliphatic heterocycles. The summed E-state index contributed by atoms with van der Waals surface area (Å²) in [6, 6.07) is 9.58. The molecule has 0 N–H and O–H groups in total. The van der Waals surface area contributed by atoms with Crippen molar-refractivity contribution in [2.45, 2.75) is 13.3 Å². The van der Waals surface area contributed by atoms with E-state index in [9.17, 15) is 9.18 Å². The molecule has 1 aromatic heterocycles. The van der Waals surface area contributed by atoms with E-state index < -0.39 is 5.82 Å². The van der Waals surface area contributed by atoms with Gasteiger partial charge >= 0.3 is 0 Å². The maximum atomic E-state index is 13.6. The zero-order chi connectivity index (χ0) is 14.7. The highest BCUT2D eigenvalue weighted by molar-refractivity contribution is 6.29. The van der Waals surface area contributed by atoms with E-state index in [-0.39, 0.29) is 18.0 Å². The minimum absolute atomic E-state index is 0.154. The second kappa shape index (κ2) is 6.01. The second-order valence-electron chi connectivity index (χ2n) is 4.46. The number of aromatic nitrogens is 1. The molecule has 1 amide bonds. The van der Waals surface area contributed by atoms with Gasteiger partial charge in [-0.3, -0.25) is 4.79 Å². The number of carbonyl (C=O) groups excluding carboxylic acids is 1. The Balaban J connectivity index is 2.18. The van der Waals surface area contributed by atoms with Gasteiger partial charge in [-0.05, 0) is 30.7 Å². The zero-order valence-corrected chi connectivity index (χ0v) is 12.0. The molecule has 0 unspecified atom stereocenters. The van der Waals surface area contributed by atoms with Gasteiger partial charge in [-0.15, -0.1) is 0 Å². The highest BCUT2D eigenvalue weighted by atomic mass is 35.5. The lowest BCUT2D eigenvalue weighted by molar-refractivity contribution is -0.117. The van der Waals surface area contributed by atoms with E-state index in [0.29, 0.717) is 10.8 Å². The average Bonchev–Trinajstić information content (AvgIpc) is 2.41. The SMILES string of the molecule is Cc1nc(Cl)ccc1CC(=O)N(C)c1ccccc1F. The monoisotopic (exact) mass is 292 g/mol. The Kier molecular flexibility index (Phi) is 4.35. The number of likely N-dealkylation sites (N-methyl/N-ethyl adjacent to an activating group) is 1. The molecule has 0 saturated carbocycles. The number of para-hydroxylation sites is 1. The molecule has 5 heteroatoms. The molecular weight excluding hydrogens is 279 g/mol. The third kappa shape index (κ3) is 3.14. The normalized spacial score (nSPS) is 10.4. The molecule has 0 aliphatic carbocycles. The summed E-state index contributed by atoms with van der Waals surface area (Å²) in [5, 5.41) is 0.390. The largest absolute Gasteiger partial charge is 0.313 e. The summed E-state index contributed by atoms with van der Waals surface area (Å²) >= 11 is 5.78. The van der Waals surface area contributed by atoms with E-state index in [2.05, 4.69) is 4.98 Å². The Labute approximate surface area is 122 Å². The van der Waals surface area contributed by atoms with E-state index in [0.717, 1.165) is 5.56 Å². The lowest BCUT2D eigenvalue weighted by Crippen LogP contribution is -2.28. The molecule has 2 aromatic rings. The van der Waals surface area contributed by atoms with Crippen molar-refractivity contribution in [1.29, 1.82) is 0 Å². The van der Waals surface area contributed by atoms with Crippen LogP contribution < -0.4 is 4.90 Å². The van der Waals surface area contributed by atoms with Crippen LogP contribution in [0.1, 0.15) is 11.3 Å². The maximum absolute atomic E-state index is 13.6. The van der Waals surface area contributed by atoms with Gasteiger partial charge in [0.05, 0.1) is 12.1 Å². The lowest BCUT2D eigenvalue weighted by Gasteiger charge is -2.18. The average molecular weight is 293 g/mol. The number of rotatable bonds is 3. The molecule has 3 nitrogen and oxygen atoms in total. The first-order valence-corrected chi connectivity index (χ1v) is 6.50. The number of carbonyl (C=O) groups is 1. The lowest BCUT2D eigenvalue weighted by atomic mass is 10.1. The number of hydrogen-bond donors (Lipinski definition) is 0. The van der Waals surface area contributed by atoms with E-state index in [4.69, 9.17) is 11.6 Å². The number of anilines is 1. The quantitative estimate of drug-likeness (QED) is 0.813. The summed E-state index contributed by atoms with van der Waals surface area (Å²) < 4.78 is 13.6. The Bertz CT molecular complexity index is 646. The van der Waals surface area contributed by atoms with Crippen LogP contribution in [0.15, 0.2) is 36.4 Å². The Morgan fingerprint density at radius 3 is 2.65 bits per heavy atom. The van der Waals surface area contributed by atoms with Gasteiger partial charge in [0.2, 0.25) is 5.91 Å². The first kappa shape index (κ1) is 14.5. The summed E-state index contributed by atoms with van der Waals surface area (Å²) in [6.07, 6.45) is 0.154. The van der Waals surface area contributed by atoms with Crippen molar-refractivity contribution in [1.82, 2.24) is 4.98 Å². The summed E-state index contributed by atoms with van der Waals surface area (Å²) in [7, 11) is 1.55. The molecule has 1 heterocycles. The molecule has 0 aliphatic rings. The van der Waals surface area contributed by atoms with Crippen molar-refractivity contribution < 1.29 is 9.18 Å². The van der Waals surface area contributed by atoms with Gasteiger partial charge in [-0.2, -0.15) is 0 Å². The van der Waals surface area contributed by atoms with E-state index in [1.165, 1.54) is 11.0 Å². The van der Waals surface area contributed by atoms with Crippen LogP contribution in [0.5, 0.6) is 0 Å². The van der Waals surface area contributed by atoms with Crippen molar-refractivity contribution >= 4 is 23.2 Å². The van der Waals surface area contributed by atoms with Gasteiger partial charge < -0.3 is 4.90 Å². The van der Waals surface area contributed by atoms with E-state index in [1.54, 1.807) is 44.3 Å². The fraction of sp³-hybridized carbons (Fsp3) is 0.200. The highest BCUT2D eigenvalue weighted by Gasteiger charge is 2.16. The summed E-state index contributed by atoms with van der Waals surface area (Å²) in [4.78, 5) is 17.6. The number of halogens is 2. The van der Waals surface area contributed by atoms with E-state index >= 15 is 0 Å². The number of nitrogens with zero attached hydrogens (tertiary/aromatic N) is 2. The van der Waals surface area contributed by atoms with Gasteiger partial charge in [0.25, 0.3) is 0 Å². The van der Waals surface area contributed by atoms with Crippen LogP contribution in [0.4, 0.5) is 10.1 Å². The Morgan fingerprint density at radius 1 is 1.30 bits per heavy atom. The number of benzene rings is 1. The van der Waals surface area contributed by atoms with Gasteiger partial charge in [-0.25, -0.2) is 9.37 Å². The van der Waals surface area contributed by atoms with Crippen molar-refractivity contribution in [3.63, 3.8) is 0 Å². The van der Waals surface area contributed by atoms with Crippen LogP contribution in [0, 0.1) is 12.7 Å². The Morgan fingerprint density at radius 2 is 2.00 bits per heavy atom. The minimum atomic E-state index is -0.422. The van der Waals surface area contributed by atoms with Crippen LogP contribution in [0.25, 0.3) is 0 Å². The highest BCUT2D eigenvalue weighted by Crippen LogP contribution is 2.19. The van der Waals surface area contributed by atoms with Crippen molar-refractivity contribution in [3.8, 4) is 0 Å². The third-order valence-electron chi connectivity index (χ3n) is 3.09. The molecule has 0 saturated heterocycles. The Hall–Kier alpha value is -1.94. The van der Waals surface area contributed by atoms with Crippen molar-refractivity contribution in [3.05, 3.63) is 58.6 Å². The minimum Gasteiger partial charge on any atom is -0.313 e. The molecule has 1 aromatic carbocycles. The number of pyridine rings is 1. The standard InChI is InChI=1S/C15H14ClFN2O/c1-10-11(7-8-14(16)18-10)9-15(20)19(2)13-6-4-3-5-12(13)17/h3-8H,9H2,1-2H3. The second-order valence-corrected chi connectivity index (χ2v) is 4.85. The van der Waals surface area contributed by atoms with Crippen molar-refractivity contribution in [2.75, 3.05) is 11.9 Å². The van der Waals surface area contributed by atoms with Crippen LogP contribution >= 0.6 is 11.6 Å². The van der Waals surface area contributed by atoms with Crippen molar-refractivity contribution in [2.24, 2.45) is 0 Å². The molecular formula is C15H14ClFN2O. The first-order chi connectivity index (χ1) is 9.49. The van der Waals surface area contributed by atoms with Gasteiger partial charge in [0.1, 0.15) is 11.0 Å². The molecule has 0 spiro atoms. The first-order valence-electron chi connectivity index (χ1n) is 6.12.